The number of sulfonamides is 1. The Morgan fingerprint density at radius 1 is 1.00 bits per heavy atom. The number of fused-ring (bicyclic) bond motifs is 3. The molecule has 0 saturated heterocycles. The van der Waals surface area contributed by atoms with E-state index in [0.29, 0.717) is 0 Å². The first kappa shape index (κ1) is 26.8. The molecular formula is C26H25N3O8S. The van der Waals surface area contributed by atoms with Crippen molar-refractivity contribution < 1.29 is 32.8 Å². The van der Waals surface area contributed by atoms with Crippen LogP contribution in [0.25, 0.3) is 11.1 Å². The normalized spacial score (nSPS) is 13.3. The molecule has 3 aromatic carbocycles. The number of benzene rings is 3. The van der Waals surface area contributed by atoms with Crippen LogP contribution in [-0.4, -0.2) is 49.7 Å². The molecule has 198 valence electrons. The van der Waals surface area contributed by atoms with E-state index < -0.39 is 33.1 Å². The number of aliphatic carboxylic acids is 1. The van der Waals surface area contributed by atoms with E-state index in [9.17, 15) is 33.2 Å². The van der Waals surface area contributed by atoms with Crippen LogP contribution < -0.4 is 10.0 Å². The number of nitro groups is 1. The first-order valence-electron chi connectivity index (χ1n) is 11.8. The number of carbonyl (C=O) groups excluding carboxylic acids is 1. The zero-order valence-electron chi connectivity index (χ0n) is 20.1. The van der Waals surface area contributed by atoms with Gasteiger partial charge < -0.3 is 15.2 Å². The van der Waals surface area contributed by atoms with Gasteiger partial charge in [0.05, 0.1) is 9.82 Å². The van der Waals surface area contributed by atoms with Crippen LogP contribution in [0.15, 0.2) is 77.7 Å². The molecule has 0 aromatic heterocycles. The van der Waals surface area contributed by atoms with Gasteiger partial charge in [0.25, 0.3) is 5.69 Å². The van der Waals surface area contributed by atoms with Crippen LogP contribution in [0.2, 0.25) is 0 Å². The predicted molar refractivity (Wildman–Crippen MR) is 137 cm³/mol. The van der Waals surface area contributed by atoms with Gasteiger partial charge in [-0.2, -0.15) is 0 Å². The summed E-state index contributed by atoms with van der Waals surface area (Å²) in [6.45, 7) is -0.115. The summed E-state index contributed by atoms with van der Waals surface area (Å²) in [5.74, 6) is -1.47. The Bertz CT molecular complexity index is 1430. The summed E-state index contributed by atoms with van der Waals surface area (Å²) < 4.78 is 32.5. The first-order chi connectivity index (χ1) is 18.2. The van der Waals surface area contributed by atoms with Crippen molar-refractivity contribution in [2.24, 2.45) is 0 Å². The predicted octanol–water partition coefficient (Wildman–Crippen LogP) is 3.65. The van der Waals surface area contributed by atoms with Crippen molar-refractivity contribution in [3.05, 3.63) is 94.0 Å². The molecule has 0 radical (unpaired) electrons. The molecule has 0 heterocycles. The van der Waals surface area contributed by atoms with Gasteiger partial charge in [0.1, 0.15) is 12.6 Å². The van der Waals surface area contributed by atoms with E-state index in [2.05, 4.69) is 10.0 Å². The van der Waals surface area contributed by atoms with Crippen LogP contribution in [0.5, 0.6) is 0 Å². The second kappa shape index (κ2) is 11.4. The number of ether oxygens (including phenoxy) is 1. The van der Waals surface area contributed by atoms with Gasteiger partial charge in [0.2, 0.25) is 10.0 Å². The fourth-order valence-corrected chi connectivity index (χ4v) is 5.51. The standard InChI is InChI=1S/C26H25N3O8S/c30-25(31)24(13-6-14-27-38(35,36)18-8-5-7-17(15-18)29(33)34)28-26(32)37-16-23-21-11-3-1-9-19(21)20-10-2-4-12-22(20)23/h1-5,7-12,15,23-24,27H,6,13-14,16H2,(H,28,32)(H,30,31)/t24-/m0/s1. The maximum absolute atomic E-state index is 12.4. The fourth-order valence-electron chi connectivity index (χ4n) is 4.40. The number of hydrogen-bond donors (Lipinski definition) is 3. The highest BCUT2D eigenvalue weighted by atomic mass is 32.2. The Labute approximate surface area is 218 Å². The smallest absolute Gasteiger partial charge is 0.407 e. The topological polar surface area (TPSA) is 165 Å². The Kier molecular flexibility index (Phi) is 8.03. The van der Waals surface area contributed by atoms with Crippen molar-refractivity contribution in [3.63, 3.8) is 0 Å². The van der Waals surface area contributed by atoms with Crippen molar-refractivity contribution in [3.8, 4) is 11.1 Å². The Morgan fingerprint density at radius 3 is 2.24 bits per heavy atom. The van der Waals surface area contributed by atoms with Crippen LogP contribution >= 0.6 is 0 Å². The molecule has 0 bridgehead atoms. The van der Waals surface area contributed by atoms with Gasteiger partial charge in [-0.3, -0.25) is 10.1 Å². The zero-order chi connectivity index (χ0) is 27.3. The quantitative estimate of drug-likeness (QED) is 0.189. The molecule has 1 atom stereocenters. The Hall–Kier alpha value is -4.29. The van der Waals surface area contributed by atoms with Gasteiger partial charge in [-0.25, -0.2) is 22.7 Å². The van der Waals surface area contributed by atoms with Gasteiger partial charge >= 0.3 is 12.1 Å². The minimum atomic E-state index is -4.04. The Morgan fingerprint density at radius 2 is 1.63 bits per heavy atom. The number of hydrogen-bond acceptors (Lipinski definition) is 7. The van der Waals surface area contributed by atoms with Crippen molar-refractivity contribution in [2.75, 3.05) is 13.2 Å². The molecular weight excluding hydrogens is 514 g/mol. The number of carbonyl (C=O) groups is 2. The molecule has 1 amide bonds. The molecule has 1 aliphatic rings. The number of nitrogens with zero attached hydrogens (tertiary/aromatic N) is 1. The molecule has 12 heteroatoms. The van der Waals surface area contributed by atoms with Crippen LogP contribution in [0.3, 0.4) is 0 Å². The van der Waals surface area contributed by atoms with E-state index in [4.69, 9.17) is 4.74 Å². The number of rotatable bonds is 11. The summed E-state index contributed by atoms with van der Waals surface area (Å²) in [7, 11) is -4.04. The molecule has 0 aliphatic heterocycles. The van der Waals surface area contributed by atoms with Gasteiger partial charge in [-0.15, -0.1) is 0 Å². The van der Waals surface area contributed by atoms with Gasteiger partial charge in [-0.1, -0.05) is 54.6 Å². The van der Waals surface area contributed by atoms with Gasteiger partial charge in [0, 0.05) is 24.6 Å². The van der Waals surface area contributed by atoms with E-state index in [-0.39, 0.29) is 42.5 Å². The second-order valence-corrected chi connectivity index (χ2v) is 10.4. The molecule has 38 heavy (non-hydrogen) atoms. The number of nitro benzene ring substituents is 1. The summed E-state index contributed by atoms with van der Waals surface area (Å²) in [6.07, 6.45) is -0.886. The summed E-state index contributed by atoms with van der Waals surface area (Å²) in [5, 5.41) is 22.7. The first-order valence-corrected chi connectivity index (χ1v) is 13.2. The molecule has 3 aromatic rings. The minimum Gasteiger partial charge on any atom is -0.480 e. The van der Waals surface area contributed by atoms with Gasteiger partial charge in [-0.05, 0) is 41.2 Å². The van der Waals surface area contributed by atoms with E-state index in [1.165, 1.54) is 18.2 Å². The minimum absolute atomic E-state index is 0.0230. The lowest BCUT2D eigenvalue weighted by Gasteiger charge is -2.17. The molecule has 3 N–H and O–H groups in total. The summed E-state index contributed by atoms with van der Waals surface area (Å²) in [5.41, 5.74) is 3.80. The largest absolute Gasteiger partial charge is 0.480 e. The number of carboxylic acid groups (broad SMARTS) is 1. The second-order valence-electron chi connectivity index (χ2n) is 8.66. The summed E-state index contributed by atoms with van der Waals surface area (Å²) in [6, 6.07) is 18.9. The van der Waals surface area contributed by atoms with E-state index in [1.807, 2.05) is 48.5 Å². The number of carboxylic acids is 1. The van der Waals surface area contributed by atoms with Crippen molar-refractivity contribution >= 4 is 27.8 Å². The van der Waals surface area contributed by atoms with Crippen molar-refractivity contribution in [1.29, 1.82) is 0 Å². The van der Waals surface area contributed by atoms with E-state index in [0.717, 1.165) is 28.3 Å². The number of amides is 1. The maximum Gasteiger partial charge on any atom is 0.407 e. The van der Waals surface area contributed by atoms with Crippen LogP contribution in [-0.2, 0) is 19.6 Å². The molecule has 11 nitrogen and oxygen atoms in total. The summed E-state index contributed by atoms with van der Waals surface area (Å²) in [4.78, 5) is 34.0. The lowest BCUT2D eigenvalue weighted by Crippen LogP contribution is -2.42. The lowest BCUT2D eigenvalue weighted by molar-refractivity contribution is -0.385. The third-order valence-corrected chi connectivity index (χ3v) is 7.69. The monoisotopic (exact) mass is 539 g/mol. The fraction of sp³-hybridized carbons (Fsp3) is 0.231. The maximum atomic E-state index is 12.4. The third kappa shape index (κ3) is 5.98. The Balaban J connectivity index is 1.29. The molecule has 0 spiro atoms. The van der Waals surface area contributed by atoms with Crippen molar-refractivity contribution in [1.82, 2.24) is 10.0 Å². The number of alkyl carbamates (subject to hydrolysis) is 1. The molecule has 1 aliphatic carbocycles. The average molecular weight is 540 g/mol. The zero-order valence-corrected chi connectivity index (χ0v) is 20.9. The lowest BCUT2D eigenvalue weighted by atomic mass is 9.98. The highest BCUT2D eigenvalue weighted by Gasteiger charge is 2.29. The number of non-ortho nitro benzene ring substituents is 1. The van der Waals surface area contributed by atoms with Crippen LogP contribution in [0.1, 0.15) is 29.9 Å². The number of nitrogens with one attached hydrogen (secondary N) is 2. The molecule has 4 rings (SSSR count). The highest BCUT2D eigenvalue weighted by Crippen LogP contribution is 2.44. The van der Waals surface area contributed by atoms with Crippen LogP contribution in [0.4, 0.5) is 10.5 Å². The molecule has 0 unspecified atom stereocenters. The van der Waals surface area contributed by atoms with Gasteiger partial charge in [0.15, 0.2) is 0 Å². The SMILES string of the molecule is O=C(N[C@@H](CCCNS(=O)(=O)c1cccc([N+](=O)[O-])c1)C(=O)O)OCC1c2ccccc2-c2ccccc21. The van der Waals surface area contributed by atoms with E-state index >= 15 is 0 Å². The average Bonchev–Trinajstić information content (AvgIpc) is 3.22. The van der Waals surface area contributed by atoms with Crippen molar-refractivity contribution in [2.45, 2.75) is 29.7 Å². The van der Waals surface area contributed by atoms with E-state index in [1.54, 1.807) is 0 Å². The third-order valence-electron chi connectivity index (χ3n) is 6.23. The highest BCUT2D eigenvalue weighted by molar-refractivity contribution is 7.89. The summed E-state index contributed by atoms with van der Waals surface area (Å²) >= 11 is 0. The molecule has 0 fully saturated rings. The molecule has 0 saturated carbocycles. The van der Waals surface area contributed by atoms with Crippen LogP contribution in [0, 0.1) is 10.1 Å².